The van der Waals surface area contributed by atoms with Gasteiger partial charge in [-0.1, -0.05) is 43.9 Å². The molecule has 20 heavy (non-hydrogen) atoms. The lowest BCUT2D eigenvalue weighted by molar-refractivity contribution is -0.137. The van der Waals surface area contributed by atoms with Crippen LogP contribution in [0, 0.1) is 5.92 Å². The molecule has 1 aliphatic rings. The highest BCUT2D eigenvalue weighted by atomic mass is 35.5. The molecule has 2 atom stereocenters. The summed E-state index contributed by atoms with van der Waals surface area (Å²) in [6, 6.07) is 4.00. The molecule has 1 aromatic rings. The fraction of sp³-hybridized carbons (Fsp3) is 0.600. The molecule has 1 saturated carbocycles. The number of benzene rings is 1. The summed E-state index contributed by atoms with van der Waals surface area (Å²) in [4.78, 5) is 0. The van der Waals surface area contributed by atoms with Gasteiger partial charge in [-0.2, -0.15) is 13.2 Å². The van der Waals surface area contributed by atoms with Gasteiger partial charge in [-0.15, -0.1) is 0 Å². The van der Waals surface area contributed by atoms with E-state index in [-0.39, 0.29) is 16.8 Å². The number of rotatable bonds is 3. The van der Waals surface area contributed by atoms with Crippen molar-refractivity contribution in [3.8, 4) is 0 Å². The summed E-state index contributed by atoms with van der Waals surface area (Å²) in [7, 11) is 0. The average Bonchev–Trinajstić information content (AvgIpc) is 2.40. The Kier molecular flexibility index (Phi) is 4.84. The number of halogens is 4. The van der Waals surface area contributed by atoms with Gasteiger partial charge in [0.1, 0.15) is 0 Å². The fourth-order valence-electron chi connectivity index (χ4n) is 2.98. The minimum Gasteiger partial charge on any atom is -0.380 e. The zero-order valence-electron chi connectivity index (χ0n) is 11.4. The lowest BCUT2D eigenvalue weighted by Crippen LogP contribution is -2.32. The van der Waals surface area contributed by atoms with Crippen molar-refractivity contribution in [1.29, 1.82) is 0 Å². The van der Waals surface area contributed by atoms with Crippen molar-refractivity contribution in [2.24, 2.45) is 5.92 Å². The van der Waals surface area contributed by atoms with E-state index in [1.54, 1.807) is 0 Å². The molecule has 1 aliphatic carbocycles. The van der Waals surface area contributed by atoms with Gasteiger partial charge in [0.25, 0.3) is 0 Å². The van der Waals surface area contributed by atoms with Crippen molar-refractivity contribution in [2.75, 3.05) is 5.32 Å². The van der Waals surface area contributed by atoms with Crippen LogP contribution in [0.2, 0.25) is 5.02 Å². The maximum Gasteiger partial charge on any atom is 0.418 e. The number of hydrogen-bond donors (Lipinski definition) is 1. The van der Waals surface area contributed by atoms with E-state index in [0.717, 1.165) is 38.2 Å². The first kappa shape index (κ1) is 15.5. The number of hydrogen-bond acceptors (Lipinski definition) is 1. The molecule has 0 spiro atoms. The quantitative estimate of drug-likeness (QED) is 0.751. The van der Waals surface area contributed by atoms with E-state index in [1.807, 2.05) is 0 Å². The molecular formula is C15H19ClF3N. The van der Waals surface area contributed by atoms with Crippen LogP contribution in [-0.4, -0.2) is 6.04 Å². The topological polar surface area (TPSA) is 12.0 Å². The number of anilines is 1. The Labute approximate surface area is 122 Å². The van der Waals surface area contributed by atoms with Crippen LogP contribution < -0.4 is 5.32 Å². The Balaban J connectivity index is 2.28. The third-order valence-electron chi connectivity index (χ3n) is 4.08. The van der Waals surface area contributed by atoms with Crippen molar-refractivity contribution >= 4 is 17.3 Å². The summed E-state index contributed by atoms with van der Waals surface area (Å²) in [6.45, 7) is 2.09. The number of para-hydroxylation sites is 1. The van der Waals surface area contributed by atoms with Crippen molar-refractivity contribution < 1.29 is 13.2 Å². The van der Waals surface area contributed by atoms with Gasteiger partial charge in [-0.05, 0) is 30.9 Å². The second-order valence-electron chi connectivity index (χ2n) is 5.36. The summed E-state index contributed by atoms with van der Waals surface area (Å²) in [5, 5.41) is 3.21. The monoisotopic (exact) mass is 305 g/mol. The first-order valence-corrected chi connectivity index (χ1v) is 7.43. The van der Waals surface area contributed by atoms with E-state index in [4.69, 9.17) is 11.6 Å². The highest BCUT2D eigenvalue weighted by Crippen LogP contribution is 2.40. The molecule has 1 nitrogen and oxygen atoms in total. The highest BCUT2D eigenvalue weighted by Gasteiger charge is 2.35. The molecule has 0 saturated heterocycles. The van der Waals surface area contributed by atoms with E-state index in [9.17, 15) is 13.2 Å². The van der Waals surface area contributed by atoms with Gasteiger partial charge in [-0.25, -0.2) is 0 Å². The second kappa shape index (κ2) is 6.25. The van der Waals surface area contributed by atoms with Gasteiger partial charge in [0.15, 0.2) is 0 Å². The minimum absolute atomic E-state index is 0.0343. The molecule has 1 fully saturated rings. The Morgan fingerprint density at radius 2 is 1.95 bits per heavy atom. The summed E-state index contributed by atoms with van der Waals surface area (Å²) in [5.74, 6) is 0.418. The van der Waals surface area contributed by atoms with E-state index >= 15 is 0 Å². The standard InChI is InChI=1S/C15H19ClF3N/c1-2-10-6-3-4-9-13(10)20-14-11(15(17,18)19)7-5-8-12(14)16/h5,7-8,10,13,20H,2-4,6,9H2,1H3. The summed E-state index contributed by atoms with van der Waals surface area (Å²) >= 11 is 5.98. The normalized spacial score (nSPS) is 23.6. The first-order chi connectivity index (χ1) is 9.43. The zero-order chi connectivity index (χ0) is 14.8. The van der Waals surface area contributed by atoms with Gasteiger partial charge >= 0.3 is 6.18 Å². The predicted octanol–water partition coefficient (Wildman–Crippen LogP) is 5.74. The van der Waals surface area contributed by atoms with Crippen LogP contribution >= 0.6 is 11.6 Å². The van der Waals surface area contributed by atoms with Gasteiger partial charge in [0, 0.05) is 6.04 Å². The molecule has 5 heteroatoms. The maximum absolute atomic E-state index is 13.1. The molecule has 0 heterocycles. The smallest absolute Gasteiger partial charge is 0.380 e. The molecule has 2 unspecified atom stereocenters. The third kappa shape index (κ3) is 3.40. The SMILES string of the molecule is CCC1CCCCC1Nc1c(Cl)cccc1C(F)(F)F. The Morgan fingerprint density at radius 3 is 2.60 bits per heavy atom. The summed E-state index contributed by atoms with van der Waals surface area (Å²) < 4.78 is 39.2. The third-order valence-corrected chi connectivity index (χ3v) is 4.40. The second-order valence-corrected chi connectivity index (χ2v) is 5.77. The first-order valence-electron chi connectivity index (χ1n) is 7.05. The Bertz CT molecular complexity index is 459. The van der Waals surface area contributed by atoms with Crippen molar-refractivity contribution in [1.82, 2.24) is 0 Å². The van der Waals surface area contributed by atoms with Crippen LogP contribution in [0.15, 0.2) is 18.2 Å². The lowest BCUT2D eigenvalue weighted by atomic mass is 9.82. The van der Waals surface area contributed by atoms with Crippen LogP contribution in [0.25, 0.3) is 0 Å². The van der Waals surface area contributed by atoms with Gasteiger partial charge in [0.2, 0.25) is 0 Å². The molecule has 0 aliphatic heterocycles. The van der Waals surface area contributed by atoms with Crippen LogP contribution in [-0.2, 0) is 6.18 Å². The molecule has 1 aromatic carbocycles. The van der Waals surface area contributed by atoms with Gasteiger partial charge in [-0.3, -0.25) is 0 Å². The molecule has 1 N–H and O–H groups in total. The largest absolute Gasteiger partial charge is 0.418 e. The molecule has 0 radical (unpaired) electrons. The number of nitrogens with one attached hydrogen (secondary N) is 1. The fourth-order valence-corrected chi connectivity index (χ4v) is 3.21. The van der Waals surface area contributed by atoms with Crippen molar-refractivity contribution in [2.45, 2.75) is 51.2 Å². The minimum atomic E-state index is -4.39. The Morgan fingerprint density at radius 1 is 1.25 bits per heavy atom. The molecule has 2 rings (SSSR count). The van der Waals surface area contributed by atoms with E-state index in [0.29, 0.717) is 5.92 Å². The summed E-state index contributed by atoms with van der Waals surface area (Å²) in [5.41, 5.74) is -0.641. The van der Waals surface area contributed by atoms with E-state index < -0.39 is 11.7 Å². The number of alkyl halides is 3. The van der Waals surface area contributed by atoms with Gasteiger partial charge < -0.3 is 5.32 Å². The molecule has 112 valence electrons. The molecule has 0 aromatic heterocycles. The van der Waals surface area contributed by atoms with E-state index in [2.05, 4.69) is 12.2 Å². The lowest BCUT2D eigenvalue weighted by Gasteiger charge is -2.33. The molecular weight excluding hydrogens is 287 g/mol. The highest BCUT2D eigenvalue weighted by molar-refractivity contribution is 6.33. The zero-order valence-corrected chi connectivity index (χ0v) is 12.2. The van der Waals surface area contributed by atoms with Crippen LogP contribution in [0.5, 0.6) is 0 Å². The van der Waals surface area contributed by atoms with Crippen LogP contribution in [0.3, 0.4) is 0 Å². The van der Waals surface area contributed by atoms with Gasteiger partial charge in [0.05, 0.1) is 16.3 Å². The molecule has 0 amide bonds. The summed E-state index contributed by atoms with van der Waals surface area (Å²) in [6.07, 6.45) is 0.777. The molecule has 0 bridgehead atoms. The van der Waals surface area contributed by atoms with Crippen LogP contribution in [0.4, 0.5) is 18.9 Å². The van der Waals surface area contributed by atoms with Crippen LogP contribution in [0.1, 0.15) is 44.6 Å². The van der Waals surface area contributed by atoms with E-state index in [1.165, 1.54) is 12.1 Å². The Hall–Kier alpha value is -0.900. The predicted molar refractivity (Wildman–Crippen MR) is 76.1 cm³/mol. The van der Waals surface area contributed by atoms with Crippen molar-refractivity contribution in [3.63, 3.8) is 0 Å². The maximum atomic E-state index is 13.1. The van der Waals surface area contributed by atoms with Crippen molar-refractivity contribution in [3.05, 3.63) is 28.8 Å². The average molecular weight is 306 g/mol.